The van der Waals surface area contributed by atoms with E-state index >= 15 is 0 Å². The van der Waals surface area contributed by atoms with Crippen LogP contribution in [0.1, 0.15) is 18.5 Å². The van der Waals surface area contributed by atoms with E-state index in [1.54, 1.807) is 24.3 Å². The van der Waals surface area contributed by atoms with Gasteiger partial charge in [-0.3, -0.25) is 0 Å². The number of nitrogens with zero attached hydrogens (tertiary/aromatic N) is 4. The zero-order valence-electron chi connectivity index (χ0n) is 8.01. The van der Waals surface area contributed by atoms with Crippen molar-refractivity contribution in [2.24, 2.45) is 7.05 Å². The molecule has 0 bridgehead atoms. The summed E-state index contributed by atoms with van der Waals surface area (Å²) in [6, 6.07) is 2.03. The Morgan fingerprint density at radius 3 is 3.00 bits per heavy atom. The van der Waals surface area contributed by atoms with Crippen LogP contribution in [0.2, 0.25) is 0 Å². The lowest BCUT2D eigenvalue weighted by Crippen LogP contribution is -2.10. The van der Waals surface area contributed by atoms with Crippen LogP contribution in [0.25, 0.3) is 0 Å². The molecule has 0 spiro atoms. The molecule has 1 unspecified atom stereocenters. The summed E-state index contributed by atoms with van der Waals surface area (Å²) in [5, 5.41) is 14.2. The maximum Gasteiger partial charge on any atom is 0.243 e. The molecule has 0 aliphatic heterocycles. The molecule has 2 heterocycles. The Morgan fingerprint density at radius 1 is 1.57 bits per heavy atom. The number of aryl methyl sites for hydroxylation is 1. The van der Waals surface area contributed by atoms with Gasteiger partial charge in [0.05, 0.1) is 18.6 Å². The van der Waals surface area contributed by atoms with E-state index < -0.39 is 0 Å². The number of anilines is 1. The first-order valence-corrected chi connectivity index (χ1v) is 4.28. The molecule has 6 heteroatoms. The van der Waals surface area contributed by atoms with Gasteiger partial charge >= 0.3 is 0 Å². The summed E-state index contributed by atoms with van der Waals surface area (Å²) in [4.78, 5) is 0. The Bertz CT molecular complexity index is 394. The summed E-state index contributed by atoms with van der Waals surface area (Å²) in [6.45, 7) is 2.01. The summed E-state index contributed by atoms with van der Waals surface area (Å²) >= 11 is 0. The summed E-state index contributed by atoms with van der Waals surface area (Å²) in [7, 11) is 1.78. The lowest BCUT2D eigenvalue weighted by atomic mass is 10.2. The normalized spacial score (nSPS) is 12.7. The molecule has 0 saturated heterocycles. The number of hydrogen-bond donors (Lipinski definition) is 1. The molecule has 0 aliphatic carbocycles. The summed E-state index contributed by atoms with van der Waals surface area (Å²) < 4.78 is 6.57. The van der Waals surface area contributed by atoms with Crippen LogP contribution in [0.15, 0.2) is 23.0 Å². The van der Waals surface area contributed by atoms with Crippen molar-refractivity contribution < 1.29 is 4.42 Å². The van der Waals surface area contributed by atoms with E-state index in [9.17, 15) is 0 Å². The first kappa shape index (κ1) is 8.74. The minimum Gasteiger partial charge on any atom is -0.472 e. The van der Waals surface area contributed by atoms with Crippen molar-refractivity contribution in [3.8, 4) is 0 Å². The monoisotopic (exact) mass is 193 g/mol. The largest absolute Gasteiger partial charge is 0.472 e. The highest BCUT2D eigenvalue weighted by molar-refractivity contribution is 5.28. The number of furan rings is 1. The Labute approximate surface area is 80.9 Å². The maximum absolute atomic E-state index is 4.99. The molecule has 2 rings (SSSR count). The van der Waals surface area contributed by atoms with Crippen molar-refractivity contribution in [3.05, 3.63) is 24.2 Å². The average molecular weight is 193 g/mol. The van der Waals surface area contributed by atoms with Gasteiger partial charge in [-0.15, -0.1) is 0 Å². The van der Waals surface area contributed by atoms with Crippen LogP contribution >= 0.6 is 0 Å². The van der Waals surface area contributed by atoms with Crippen LogP contribution in [0, 0.1) is 0 Å². The molecular weight excluding hydrogens is 182 g/mol. The van der Waals surface area contributed by atoms with Crippen LogP contribution in [0.5, 0.6) is 0 Å². The Hall–Kier alpha value is -1.85. The van der Waals surface area contributed by atoms with Crippen molar-refractivity contribution in [2.75, 3.05) is 5.32 Å². The molecule has 0 aliphatic rings. The Morgan fingerprint density at radius 2 is 2.43 bits per heavy atom. The van der Waals surface area contributed by atoms with Gasteiger partial charge in [-0.05, 0) is 23.4 Å². The van der Waals surface area contributed by atoms with Gasteiger partial charge in [-0.2, -0.15) is 0 Å². The maximum atomic E-state index is 4.99. The smallest absolute Gasteiger partial charge is 0.243 e. The van der Waals surface area contributed by atoms with E-state index in [1.165, 1.54) is 0 Å². The Balaban J connectivity index is 2.09. The molecule has 2 aromatic heterocycles. The van der Waals surface area contributed by atoms with Gasteiger partial charge in [0.25, 0.3) is 0 Å². The van der Waals surface area contributed by atoms with Crippen molar-refractivity contribution in [1.82, 2.24) is 20.2 Å². The molecule has 1 atom stereocenters. The number of nitrogens with one attached hydrogen (secondary N) is 1. The predicted molar refractivity (Wildman–Crippen MR) is 49.5 cm³/mol. The number of aromatic nitrogens is 4. The van der Waals surface area contributed by atoms with E-state index in [0.29, 0.717) is 5.95 Å². The van der Waals surface area contributed by atoms with Crippen molar-refractivity contribution in [3.63, 3.8) is 0 Å². The molecule has 74 valence electrons. The predicted octanol–water partition coefficient (Wildman–Crippen LogP) is 0.976. The van der Waals surface area contributed by atoms with Crippen LogP contribution in [-0.4, -0.2) is 20.2 Å². The molecule has 1 N–H and O–H groups in total. The molecular formula is C8H11N5O. The van der Waals surface area contributed by atoms with Gasteiger partial charge in [0.15, 0.2) is 0 Å². The van der Waals surface area contributed by atoms with Gasteiger partial charge in [0.1, 0.15) is 0 Å². The highest BCUT2D eigenvalue weighted by Gasteiger charge is 2.09. The average Bonchev–Trinajstić information content (AvgIpc) is 2.77. The fourth-order valence-electron chi connectivity index (χ4n) is 1.15. The van der Waals surface area contributed by atoms with E-state index in [-0.39, 0.29) is 6.04 Å². The highest BCUT2D eigenvalue weighted by Crippen LogP contribution is 2.16. The number of hydrogen-bond acceptors (Lipinski definition) is 5. The first-order valence-electron chi connectivity index (χ1n) is 4.28. The lowest BCUT2D eigenvalue weighted by Gasteiger charge is -2.10. The third-order valence-corrected chi connectivity index (χ3v) is 2.01. The Kier molecular flexibility index (Phi) is 2.18. The quantitative estimate of drug-likeness (QED) is 0.786. The summed E-state index contributed by atoms with van der Waals surface area (Å²) in [5.74, 6) is 0.638. The second-order valence-corrected chi connectivity index (χ2v) is 3.05. The third kappa shape index (κ3) is 1.59. The van der Waals surface area contributed by atoms with Crippen LogP contribution < -0.4 is 5.32 Å². The van der Waals surface area contributed by atoms with Gasteiger partial charge in [0.2, 0.25) is 5.95 Å². The fraction of sp³-hybridized carbons (Fsp3) is 0.375. The minimum absolute atomic E-state index is 0.124. The van der Waals surface area contributed by atoms with E-state index in [0.717, 1.165) is 5.56 Å². The molecule has 0 aromatic carbocycles. The number of tetrazole rings is 1. The second-order valence-electron chi connectivity index (χ2n) is 3.05. The fourth-order valence-corrected chi connectivity index (χ4v) is 1.15. The van der Waals surface area contributed by atoms with Crippen molar-refractivity contribution in [2.45, 2.75) is 13.0 Å². The molecule has 0 saturated carbocycles. The van der Waals surface area contributed by atoms with Crippen LogP contribution in [0.3, 0.4) is 0 Å². The summed E-state index contributed by atoms with van der Waals surface area (Å²) in [5.41, 5.74) is 1.06. The minimum atomic E-state index is 0.124. The van der Waals surface area contributed by atoms with Crippen molar-refractivity contribution in [1.29, 1.82) is 0 Å². The van der Waals surface area contributed by atoms with Gasteiger partial charge in [0, 0.05) is 12.6 Å². The summed E-state index contributed by atoms with van der Waals surface area (Å²) in [6.07, 6.45) is 3.34. The zero-order chi connectivity index (χ0) is 9.97. The first-order chi connectivity index (χ1) is 6.77. The van der Waals surface area contributed by atoms with E-state index in [2.05, 4.69) is 20.8 Å². The van der Waals surface area contributed by atoms with Gasteiger partial charge < -0.3 is 9.73 Å². The number of rotatable bonds is 3. The zero-order valence-corrected chi connectivity index (χ0v) is 8.01. The van der Waals surface area contributed by atoms with E-state index in [4.69, 9.17) is 4.42 Å². The molecule has 2 aromatic rings. The van der Waals surface area contributed by atoms with Gasteiger partial charge in [-0.1, -0.05) is 5.10 Å². The molecule has 6 nitrogen and oxygen atoms in total. The second kappa shape index (κ2) is 3.49. The van der Waals surface area contributed by atoms with Crippen LogP contribution in [-0.2, 0) is 7.05 Å². The van der Waals surface area contributed by atoms with E-state index in [1.807, 2.05) is 13.0 Å². The topological polar surface area (TPSA) is 68.8 Å². The SMILES string of the molecule is CC(Nc1nnnn1C)c1ccoc1. The van der Waals surface area contributed by atoms with Gasteiger partial charge in [-0.25, -0.2) is 4.68 Å². The standard InChI is InChI=1S/C8H11N5O/c1-6(7-3-4-14-5-7)9-8-10-11-12-13(8)2/h3-6H,1-2H3,(H,9,10,12). The molecule has 0 radical (unpaired) electrons. The van der Waals surface area contributed by atoms with Crippen LogP contribution in [0.4, 0.5) is 5.95 Å². The molecule has 0 amide bonds. The lowest BCUT2D eigenvalue weighted by molar-refractivity contribution is 0.562. The van der Waals surface area contributed by atoms with Crippen molar-refractivity contribution >= 4 is 5.95 Å². The molecule has 0 fully saturated rings. The molecule has 14 heavy (non-hydrogen) atoms. The third-order valence-electron chi connectivity index (χ3n) is 2.01. The highest BCUT2D eigenvalue weighted by atomic mass is 16.3.